The molecule has 1 fully saturated rings. The molecular formula is C22H36ClFN3O8PS2. The van der Waals surface area contributed by atoms with Crippen molar-refractivity contribution in [2.24, 2.45) is 5.41 Å². The molecule has 2 rings (SSSR count). The van der Waals surface area contributed by atoms with Gasteiger partial charge in [0.25, 0.3) is 17.3 Å². The number of aliphatic hydroxyl groups is 1. The lowest BCUT2D eigenvalue weighted by molar-refractivity contribution is -0.117. The van der Waals surface area contributed by atoms with Gasteiger partial charge in [-0.2, -0.15) is 0 Å². The first kappa shape index (κ1) is 33.5. The summed E-state index contributed by atoms with van der Waals surface area (Å²) in [6.45, 7) is 7.74. The van der Waals surface area contributed by atoms with Gasteiger partial charge < -0.3 is 23.6 Å². The highest BCUT2D eigenvalue weighted by atomic mass is 35.5. The molecule has 0 amide bonds. The van der Waals surface area contributed by atoms with Crippen molar-refractivity contribution in [3.63, 3.8) is 0 Å². The van der Waals surface area contributed by atoms with Crippen LogP contribution < -0.4 is 16.3 Å². The van der Waals surface area contributed by atoms with Gasteiger partial charge in [0.05, 0.1) is 25.9 Å². The maximum absolute atomic E-state index is 15.3. The Labute approximate surface area is 235 Å². The number of nitrogens with zero attached hydrogens (tertiary/aromatic N) is 1. The minimum atomic E-state index is -3.26. The fourth-order valence-corrected chi connectivity index (χ4v) is 6.82. The van der Waals surface area contributed by atoms with Crippen LogP contribution >= 0.6 is 30.0 Å². The molecule has 1 aliphatic heterocycles. The standard InChI is InChI=1S/C22H36ClFN3O8PS2/c1-13(2)32-11-14(3)26-36(37,33-9-10-38-19(30)21(4,5)6)34-12-15-17(29)22(23,24)18(35-15)27-8-7-16(28)25-20(27)31/h7-8,13-15,17-18,29H,9-12H2,1-6H3,(H,26,37)(H,25,28,31)/t14-,15-,17-,18-,22-,36-/m1/s1. The number of H-pyrrole nitrogens is 1. The molecule has 0 radical (unpaired) electrons. The third-order valence-electron chi connectivity index (χ3n) is 5.14. The number of ether oxygens (including phenoxy) is 2. The molecule has 1 aliphatic rings. The van der Waals surface area contributed by atoms with E-state index in [4.69, 9.17) is 41.9 Å². The van der Waals surface area contributed by atoms with E-state index in [0.29, 0.717) is 12.4 Å². The normalized spacial score (nSPS) is 26.4. The molecule has 0 spiro atoms. The van der Waals surface area contributed by atoms with Crippen molar-refractivity contribution in [2.45, 2.75) is 77.3 Å². The molecular weight excluding hydrogens is 584 g/mol. The van der Waals surface area contributed by atoms with Gasteiger partial charge in [0.2, 0.25) is 0 Å². The first-order chi connectivity index (χ1) is 17.5. The summed E-state index contributed by atoms with van der Waals surface area (Å²) in [5, 5.41) is 10.7. The molecule has 0 aromatic carbocycles. The molecule has 2 heterocycles. The van der Waals surface area contributed by atoms with Crippen LogP contribution in [0.5, 0.6) is 0 Å². The summed E-state index contributed by atoms with van der Waals surface area (Å²) >= 11 is 12.7. The zero-order valence-electron chi connectivity index (χ0n) is 22.1. The summed E-state index contributed by atoms with van der Waals surface area (Å²) in [5.74, 6) is 0.325. The number of rotatable bonds is 13. The first-order valence-corrected chi connectivity index (χ1v) is 15.9. The predicted octanol–water partition coefficient (Wildman–Crippen LogP) is 2.67. The molecule has 16 heteroatoms. The summed E-state index contributed by atoms with van der Waals surface area (Å²) < 4.78 is 38.9. The third kappa shape index (κ3) is 9.46. The van der Waals surface area contributed by atoms with Crippen LogP contribution in [-0.2, 0) is 35.1 Å². The number of aromatic nitrogens is 2. The first-order valence-electron chi connectivity index (χ1n) is 11.9. The topological polar surface area (TPSA) is 141 Å². The van der Waals surface area contributed by atoms with E-state index in [1.54, 1.807) is 0 Å². The van der Waals surface area contributed by atoms with Crippen LogP contribution in [-0.4, -0.2) is 74.8 Å². The second-order valence-electron chi connectivity index (χ2n) is 10.1. The van der Waals surface area contributed by atoms with Crippen molar-refractivity contribution in [1.82, 2.24) is 14.6 Å². The van der Waals surface area contributed by atoms with E-state index in [2.05, 4.69) is 5.09 Å². The zero-order valence-corrected chi connectivity index (χ0v) is 25.4. The molecule has 1 saturated heterocycles. The van der Waals surface area contributed by atoms with Crippen LogP contribution in [0.1, 0.15) is 47.8 Å². The summed E-state index contributed by atoms with van der Waals surface area (Å²) in [6.07, 6.45) is -3.98. The average Bonchev–Trinajstić information content (AvgIpc) is 3.02. The number of aromatic amines is 1. The molecule has 1 aromatic heterocycles. The Morgan fingerprint density at radius 3 is 2.63 bits per heavy atom. The van der Waals surface area contributed by atoms with Crippen molar-refractivity contribution >= 4 is 46.9 Å². The Morgan fingerprint density at radius 2 is 2.05 bits per heavy atom. The fraction of sp³-hybridized carbons (Fsp3) is 0.773. The molecule has 3 N–H and O–H groups in total. The molecule has 6 atom stereocenters. The van der Waals surface area contributed by atoms with Gasteiger partial charge in [0.1, 0.15) is 12.2 Å². The fourth-order valence-electron chi connectivity index (χ4n) is 3.15. The summed E-state index contributed by atoms with van der Waals surface area (Å²) in [6, 6.07) is 0.705. The zero-order chi connectivity index (χ0) is 28.9. The summed E-state index contributed by atoms with van der Waals surface area (Å²) in [4.78, 5) is 37.7. The maximum atomic E-state index is 15.3. The molecule has 0 saturated carbocycles. The Kier molecular flexibility index (Phi) is 12.2. The highest BCUT2D eigenvalue weighted by Gasteiger charge is 2.58. The van der Waals surface area contributed by atoms with Crippen molar-refractivity contribution in [1.29, 1.82) is 0 Å². The number of hydrogen-bond donors (Lipinski definition) is 3. The number of aliphatic hydroxyl groups excluding tert-OH is 1. The molecule has 11 nitrogen and oxygen atoms in total. The molecule has 0 bridgehead atoms. The number of hydrogen-bond acceptors (Lipinski definition) is 10. The van der Waals surface area contributed by atoms with E-state index in [1.807, 2.05) is 46.5 Å². The lowest BCUT2D eigenvalue weighted by atomic mass is 10.00. The smallest absolute Gasteiger partial charge is 0.330 e. The monoisotopic (exact) mass is 619 g/mol. The van der Waals surface area contributed by atoms with Crippen molar-refractivity contribution in [2.75, 3.05) is 25.6 Å². The van der Waals surface area contributed by atoms with Gasteiger partial charge in [-0.25, -0.2) is 14.3 Å². The van der Waals surface area contributed by atoms with Crippen molar-refractivity contribution < 1.29 is 32.8 Å². The second kappa shape index (κ2) is 13.8. The van der Waals surface area contributed by atoms with E-state index in [9.17, 15) is 19.5 Å². The van der Waals surface area contributed by atoms with Gasteiger partial charge in [-0.05, 0) is 32.6 Å². The molecule has 0 aliphatic carbocycles. The highest BCUT2D eigenvalue weighted by Crippen LogP contribution is 2.48. The molecule has 38 heavy (non-hydrogen) atoms. The van der Waals surface area contributed by atoms with E-state index in [0.717, 1.165) is 28.6 Å². The Bertz CT molecular complexity index is 1110. The number of carbonyl (C=O) groups is 1. The highest BCUT2D eigenvalue weighted by molar-refractivity contribution is 8.13. The minimum absolute atomic E-state index is 0.00519. The largest absolute Gasteiger partial charge is 0.385 e. The number of alkyl halides is 2. The second-order valence-corrected chi connectivity index (χ2v) is 14.9. The molecule has 218 valence electrons. The summed E-state index contributed by atoms with van der Waals surface area (Å²) in [7, 11) is 0. The van der Waals surface area contributed by atoms with Crippen LogP contribution in [0.15, 0.2) is 21.9 Å². The van der Waals surface area contributed by atoms with E-state index >= 15 is 4.39 Å². The van der Waals surface area contributed by atoms with Crippen LogP contribution in [0.2, 0.25) is 0 Å². The van der Waals surface area contributed by atoms with Crippen molar-refractivity contribution in [3.8, 4) is 0 Å². The Hall–Kier alpha value is -0.670. The lowest BCUT2D eigenvalue weighted by Crippen LogP contribution is -2.42. The van der Waals surface area contributed by atoms with Crippen LogP contribution in [0.25, 0.3) is 0 Å². The minimum Gasteiger partial charge on any atom is -0.385 e. The van der Waals surface area contributed by atoms with Gasteiger partial charge in [-0.3, -0.25) is 19.1 Å². The summed E-state index contributed by atoms with van der Waals surface area (Å²) in [5.41, 5.74) is -2.16. The van der Waals surface area contributed by atoms with E-state index in [-0.39, 0.29) is 23.9 Å². The van der Waals surface area contributed by atoms with Gasteiger partial charge in [0.15, 0.2) is 11.3 Å². The average molecular weight is 620 g/mol. The number of thioether (sulfide) groups is 1. The van der Waals surface area contributed by atoms with E-state index in [1.165, 1.54) is 0 Å². The molecule has 1 aromatic rings. The van der Waals surface area contributed by atoms with Crippen LogP contribution in [0.4, 0.5) is 4.39 Å². The number of carbonyl (C=O) groups excluding carboxylic acids is 1. The third-order valence-corrected chi connectivity index (χ3v) is 9.51. The Morgan fingerprint density at radius 1 is 1.39 bits per heavy atom. The quantitative estimate of drug-likeness (QED) is 0.170. The predicted molar refractivity (Wildman–Crippen MR) is 148 cm³/mol. The van der Waals surface area contributed by atoms with Gasteiger partial charge in [-0.1, -0.05) is 44.1 Å². The van der Waals surface area contributed by atoms with Crippen LogP contribution in [0.3, 0.4) is 0 Å². The Balaban J connectivity index is 2.12. The van der Waals surface area contributed by atoms with Crippen LogP contribution in [0, 0.1) is 5.41 Å². The van der Waals surface area contributed by atoms with Gasteiger partial charge in [-0.15, -0.1) is 0 Å². The SMILES string of the molecule is CC(C)OC[C@@H](C)N[P@@](=S)(OCCSC(=O)C(C)(C)C)OC[C@H]1O[C@@H](n2ccc(=O)[nH]c2=O)[C@@](F)(Cl)[C@@H]1O. The number of nitrogens with one attached hydrogen (secondary N) is 2. The van der Waals surface area contributed by atoms with Crippen molar-refractivity contribution in [3.05, 3.63) is 33.1 Å². The van der Waals surface area contributed by atoms with Gasteiger partial charge >= 0.3 is 5.69 Å². The maximum Gasteiger partial charge on any atom is 0.330 e. The lowest BCUT2D eigenvalue weighted by Gasteiger charge is -2.28. The van der Waals surface area contributed by atoms with E-state index < -0.39 is 53.5 Å². The number of halogens is 2. The molecule has 0 unspecified atom stereocenters. The van der Waals surface area contributed by atoms with Gasteiger partial charge in [0, 0.05) is 29.5 Å².